The van der Waals surface area contributed by atoms with Crippen LogP contribution in [-0.4, -0.2) is 6.54 Å². The summed E-state index contributed by atoms with van der Waals surface area (Å²) in [6.07, 6.45) is -1.65. The summed E-state index contributed by atoms with van der Waals surface area (Å²) in [7, 11) is 0. The third-order valence-corrected chi connectivity index (χ3v) is 2.33. The van der Waals surface area contributed by atoms with Gasteiger partial charge in [0, 0.05) is 6.54 Å². The zero-order valence-electron chi connectivity index (χ0n) is 9.01. The predicted molar refractivity (Wildman–Crippen MR) is 58.8 cm³/mol. The zero-order chi connectivity index (χ0) is 12.2. The molecule has 4 heteroatoms. The van der Waals surface area contributed by atoms with Gasteiger partial charge in [0.2, 0.25) is 0 Å². The second-order valence-corrected chi connectivity index (χ2v) is 3.48. The molecule has 0 aromatic heterocycles. The topological polar surface area (TPSA) is 26.0 Å². The summed E-state index contributed by atoms with van der Waals surface area (Å²) in [6.45, 7) is 2.39. The van der Waals surface area contributed by atoms with E-state index in [0.29, 0.717) is 6.54 Å². The van der Waals surface area contributed by atoms with E-state index in [2.05, 4.69) is 0 Å². The molecule has 0 saturated carbocycles. The van der Waals surface area contributed by atoms with Crippen molar-refractivity contribution in [2.24, 2.45) is 5.73 Å². The third kappa shape index (κ3) is 3.38. The molecule has 0 amide bonds. The molecule has 0 radical (unpaired) electrons. The van der Waals surface area contributed by atoms with Crippen molar-refractivity contribution in [2.75, 3.05) is 6.54 Å². The quantitative estimate of drug-likeness (QED) is 0.843. The number of rotatable bonds is 3. The fourth-order valence-corrected chi connectivity index (χ4v) is 1.31. The van der Waals surface area contributed by atoms with Gasteiger partial charge in [-0.15, -0.1) is 0 Å². The lowest BCUT2D eigenvalue weighted by Crippen LogP contribution is -2.04. The van der Waals surface area contributed by atoms with Gasteiger partial charge in [-0.2, -0.15) is 13.2 Å². The standard InChI is InChI=1S/C12H14F3N/c1-2-9(8-16)7-10-3-5-11(6-4-10)12(13,14)15/h3-7H,2,8,16H2,1H3. The van der Waals surface area contributed by atoms with E-state index in [-0.39, 0.29) is 0 Å². The molecule has 1 aromatic rings. The summed E-state index contributed by atoms with van der Waals surface area (Å²) in [4.78, 5) is 0. The molecule has 1 rings (SSSR count). The largest absolute Gasteiger partial charge is 0.416 e. The Balaban J connectivity index is 2.91. The number of hydrogen-bond acceptors (Lipinski definition) is 1. The molecule has 0 unspecified atom stereocenters. The average Bonchev–Trinajstić information content (AvgIpc) is 2.25. The molecule has 1 aromatic carbocycles. The lowest BCUT2D eigenvalue weighted by molar-refractivity contribution is -0.137. The van der Waals surface area contributed by atoms with E-state index < -0.39 is 11.7 Å². The SMILES string of the molecule is CCC(=Cc1ccc(C(F)(F)F)cc1)CN. The fraction of sp³-hybridized carbons (Fsp3) is 0.333. The Bertz CT molecular complexity index is 357. The molecule has 1 nitrogen and oxygen atoms in total. The zero-order valence-corrected chi connectivity index (χ0v) is 9.01. The maximum atomic E-state index is 12.3. The maximum Gasteiger partial charge on any atom is 0.416 e. The van der Waals surface area contributed by atoms with Crippen LogP contribution >= 0.6 is 0 Å². The minimum Gasteiger partial charge on any atom is -0.327 e. The first kappa shape index (κ1) is 12.8. The number of hydrogen-bond donors (Lipinski definition) is 1. The van der Waals surface area contributed by atoms with Gasteiger partial charge in [0.1, 0.15) is 0 Å². The van der Waals surface area contributed by atoms with Gasteiger partial charge in [-0.3, -0.25) is 0 Å². The van der Waals surface area contributed by atoms with Crippen LogP contribution in [0.1, 0.15) is 24.5 Å². The highest BCUT2D eigenvalue weighted by molar-refractivity contribution is 5.53. The van der Waals surface area contributed by atoms with Crippen molar-refractivity contribution in [1.82, 2.24) is 0 Å². The summed E-state index contributed by atoms with van der Waals surface area (Å²) >= 11 is 0. The van der Waals surface area contributed by atoms with Crippen LogP contribution in [0.2, 0.25) is 0 Å². The molecule has 0 aliphatic carbocycles. The van der Waals surface area contributed by atoms with Crippen molar-refractivity contribution in [3.63, 3.8) is 0 Å². The minimum absolute atomic E-state index is 0.428. The van der Waals surface area contributed by atoms with E-state index in [1.54, 1.807) is 0 Å². The van der Waals surface area contributed by atoms with Crippen LogP contribution in [0.5, 0.6) is 0 Å². The summed E-state index contributed by atoms with van der Waals surface area (Å²) in [5.41, 5.74) is 6.61. The molecule has 88 valence electrons. The molecular weight excluding hydrogens is 215 g/mol. The van der Waals surface area contributed by atoms with Crippen molar-refractivity contribution in [3.8, 4) is 0 Å². The van der Waals surface area contributed by atoms with Crippen LogP contribution in [0, 0.1) is 0 Å². The number of benzene rings is 1. The van der Waals surface area contributed by atoms with Gasteiger partial charge in [-0.05, 0) is 24.1 Å². The van der Waals surface area contributed by atoms with Gasteiger partial charge in [-0.1, -0.05) is 30.7 Å². The van der Waals surface area contributed by atoms with E-state index in [1.807, 2.05) is 13.0 Å². The van der Waals surface area contributed by atoms with E-state index >= 15 is 0 Å². The Kier molecular flexibility index (Phi) is 4.12. The molecular formula is C12H14F3N. The third-order valence-electron chi connectivity index (χ3n) is 2.33. The molecule has 0 spiro atoms. The lowest BCUT2D eigenvalue weighted by Gasteiger charge is -2.06. The molecule has 0 fully saturated rings. The van der Waals surface area contributed by atoms with E-state index in [0.717, 1.165) is 29.7 Å². The molecule has 0 aliphatic heterocycles. The van der Waals surface area contributed by atoms with E-state index in [4.69, 9.17) is 5.73 Å². The van der Waals surface area contributed by atoms with Crippen LogP contribution in [-0.2, 0) is 6.18 Å². The van der Waals surface area contributed by atoms with E-state index in [1.165, 1.54) is 12.1 Å². The normalized spacial score (nSPS) is 12.9. The first-order chi connectivity index (χ1) is 7.47. The van der Waals surface area contributed by atoms with Gasteiger partial charge in [0.05, 0.1) is 5.56 Å². The van der Waals surface area contributed by atoms with Crippen molar-refractivity contribution in [2.45, 2.75) is 19.5 Å². The molecule has 0 bridgehead atoms. The van der Waals surface area contributed by atoms with Crippen LogP contribution < -0.4 is 5.73 Å². The Labute approximate surface area is 92.8 Å². The van der Waals surface area contributed by atoms with E-state index in [9.17, 15) is 13.2 Å². The first-order valence-corrected chi connectivity index (χ1v) is 5.04. The number of alkyl halides is 3. The lowest BCUT2D eigenvalue weighted by atomic mass is 10.1. The van der Waals surface area contributed by atoms with Crippen LogP contribution in [0.25, 0.3) is 6.08 Å². The van der Waals surface area contributed by atoms with Gasteiger partial charge in [0.25, 0.3) is 0 Å². The molecule has 0 atom stereocenters. The van der Waals surface area contributed by atoms with Crippen LogP contribution in [0.3, 0.4) is 0 Å². The van der Waals surface area contributed by atoms with Crippen molar-refractivity contribution < 1.29 is 13.2 Å². The van der Waals surface area contributed by atoms with Crippen molar-refractivity contribution >= 4 is 6.08 Å². The Morgan fingerprint density at radius 3 is 2.19 bits per heavy atom. The van der Waals surface area contributed by atoms with Gasteiger partial charge in [-0.25, -0.2) is 0 Å². The predicted octanol–water partition coefficient (Wildman–Crippen LogP) is 3.46. The smallest absolute Gasteiger partial charge is 0.327 e. The molecule has 0 saturated heterocycles. The van der Waals surface area contributed by atoms with Crippen LogP contribution in [0.15, 0.2) is 29.8 Å². The van der Waals surface area contributed by atoms with Crippen molar-refractivity contribution in [3.05, 3.63) is 41.0 Å². The highest BCUT2D eigenvalue weighted by atomic mass is 19.4. The monoisotopic (exact) mass is 229 g/mol. The second-order valence-electron chi connectivity index (χ2n) is 3.48. The second kappa shape index (κ2) is 5.16. The molecule has 2 N–H and O–H groups in total. The molecule has 0 heterocycles. The maximum absolute atomic E-state index is 12.3. The van der Waals surface area contributed by atoms with Gasteiger partial charge in [0.15, 0.2) is 0 Å². The highest BCUT2D eigenvalue weighted by Crippen LogP contribution is 2.29. The summed E-state index contributed by atoms with van der Waals surface area (Å²) < 4.78 is 36.8. The van der Waals surface area contributed by atoms with Gasteiger partial charge < -0.3 is 5.73 Å². The fourth-order valence-electron chi connectivity index (χ4n) is 1.31. The Morgan fingerprint density at radius 2 is 1.81 bits per heavy atom. The number of halogens is 3. The summed E-state index contributed by atoms with van der Waals surface area (Å²) in [6, 6.07) is 5.06. The Hall–Kier alpha value is -1.29. The highest BCUT2D eigenvalue weighted by Gasteiger charge is 2.29. The average molecular weight is 229 g/mol. The van der Waals surface area contributed by atoms with Crippen molar-refractivity contribution in [1.29, 1.82) is 0 Å². The first-order valence-electron chi connectivity index (χ1n) is 5.04. The minimum atomic E-state index is -4.27. The Morgan fingerprint density at radius 1 is 1.25 bits per heavy atom. The summed E-state index contributed by atoms with van der Waals surface area (Å²) in [5.74, 6) is 0. The van der Waals surface area contributed by atoms with Crippen LogP contribution in [0.4, 0.5) is 13.2 Å². The number of nitrogens with two attached hydrogens (primary N) is 1. The molecule has 16 heavy (non-hydrogen) atoms. The summed E-state index contributed by atoms with van der Waals surface area (Å²) in [5, 5.41) is 0. The van der Waals surface area contributed by atoms with Gasteiger partial charge >= 0.3 is 6.18 Å². The molecule has 0 aliphatic rings.